The van der Waals surface area contributed by atoms with Crippen molar-refractivity contribution in [2.75, 3.05) is 6.61 Å². The molecule has 0 saturated carbocycles. The summed E-state index contributed by atoms with van der Waals surface area (Å²) >= 11 is 0. The molecule has 0 bridgehead atoms. The highest BCUT2D eigenvalue weighted by Gasteiger charge is 2.01. The molecule has 1 heterocycles. The van der Waals surface area contributed by atoms with Crippen LogP contribution in [0.5, 0.6) is 5.88 Å². The summed E-state index contributed by atoms with van der Waals surface area (Å²) in [5.74, 6) is 6.46. The average molecular weight is 190 g/mol. The molecule has 0 unspecified atom stereocenters. The maximum atomic E-state index is 5.23. The highest BCUT2D eigenvalue weighted by molar-refractivity contribution is 5.10. The number of ether oxygens (including phenoxy) is 1. The van der Waals surface area contributed by atoms with Gasteiger partial charge in [0.15, 0.2) is 6.61 Å². The van der Waals surface area contributed by atoms with Gasteiger partial charge in [-0.05, 0) is 12.8 Å². The highest BCUT2D eigenvalue weighted by Crippen LogP contribution is 2.11. The number of rotatable bonds is 3. The van der Waals surface area contributed by atoms with Crippen molar-refractivity contribution in [3.63, 3.8) is 0 Å². The van der Waals surface area contributed by atoms with Crippen LogP contribution in [0, 0.1) is 11.8 Å². The van der Waals surface area contributed by atoms with Crippen molar-refractivity contribution in [3.05, 3.63) is 18.1 Å². The van der Waals surface area contributed by atoms with E-state index in [0.717, 1.165) is 5.69 Å². The fourth-order valence-electron chi connectivity index (χ4n) is 0.881. The summed E-state index contributed by atoms with van der Waals surface area (Å²) in [5, 5.41) is 0. The molecule has 3 nitrogen and oxygen atoms in total. The van der Waals surface area contributed by atoms with E-state index in [4.69, 9.17) is 4.74 Å². The van der Waals surface area contributed by atoms with E-state index in [-0.39, 0.29) is 0 Å². The molecule has 0 spiro atoms. The molecule has 1 aromatic heterocycles. The van der Waals surface area contributed by atoms with Crippen molar-refractivity contribution in [1.29, 1.82) is 0 Å². The Kier molecular flexibility index (Phi) is 3.93. The van der Waals surface area contributed by atoms with Crippen molar-refractivity contribution in [2.24, 2.45) is 0 Å². The minimum Gasteiger partial charge on any atom is -0.463 e. The molecular weight excluding hydrogens is 176 g/mol. The van der Waals surface area contributed by atoms with Gasteiger partial charge < -0.3 is 4.74 Å². The lowest BCUT2D eigenvalue weighted by atomic mass is 10.1. The normalized spacial score (nSPS) is 9.43. The molecule has 0 aromatic carbocycles. The highest BCUT2D eigenvalue weighted by atomic mass is 16.5. The van der Waals surface area contributed by atoms with E-state index in [0.29, 0.717) is 18.4 Å². The van der Waals surface area contributed by atoms with Crippen molar-refractivity contribution >= 4 is 0 Å². The van der Waals surface area contributed by atoms with E-state index in [1.807, 2.05) is 0 Å². The van der Waals surface area contributed by atoms with Gasteiger partial charge in [-0.25, -0.2) is 4.98 Å². The van der Waals surface area contributed by atoms with E-state index in [2.05, 4.69) is 35.7 Å². The maximum Gasteiger partial charge on any atom is 0.233 e. The van der Waals surface area contributed by atoms with Crippen LogP contribution in [-0.2, 0) is 0 Å². The van der Waals surface area contributed by atoms with Crippen molar-refractivity contribution in [1.82, 2.24) is 9.97 Å². The summed E-state index contributed by atoms with van der Waals surface area (Å²) in [5.41, 5.74) is 0.971. The molecular formula is C11H14N2O. The second-order valence-corrected chi connectivity index (χ2v) is 3.15. The average Bonchev–Trinajstić information content (AvgIpc) is 2.19. The minimum absolute atomic E-state index is 0.367. The van der Waals surface area contributed by atoms with Gasteiger partial charge in [0.1, 0.15) is 0 Å². The molecule has 1 rings (SSSR count). The van der Waals surface area contributed by atoms with Gasteiger partial charge in [0.2, 0.25) is 5.88 Å². The zero-order valence-electron chi connectivity index (χ0n) is 8.74. The standard InChI is InChI=1S/C11H14N2O/c1-4-5-6-14-11-8-12-10(7-13-11)9(2)3/h7-9H,6H2,1-3H3. The van der Waals surface area contributed by atoms with Crippen LogP contribution >= 0.6 is 0 Å². The third-order valence-corrected chi connectivity index (χ3v) is 1.71. The Morgan fingerprint density at radius 3 is 2.64 bits per heavy atom. The molecule has 0 radical (unpaired) electrons. The Morgan fingerprint density at radius 2 is 2.14 bits per heavy atom. The fourth-order valence-corrected chi connectivity index (χ4v) is 0.881. The lowest BCUT2D eigenvalue weighted by Crippen LogP contribution is -1.99. The molecule has 3 heteroatoms. The first kappa shape index (κ1) is 10.5. The quantitative estimate of drug-likeness (QED) is 0.684. The topological polar surface area (TPSA) is 35.0 Å². The van der Waals surface area contributed by atoms with Crippen LogP contribution in [0.4, 0.5) is 0 Å². The molecule has 0 atom stereocenters. The Morgan fingerprint density at radius 1 is 1.36 bits per heavy atom. The SMILES string of the molecule is CC#CCOc1cnc(C(C)C)cn1. The summed E-state index contributed by atoms with van der Waals surface area (Å²) in [7, 11) is 0. The second kappa shape index (κ2) is 5.23. The number of nitrogens with zero attached hydrogens (tertiary/aromatic N) is 2. The minimum atomic E-state index is 0.367. The number of aromatic nitrogens is 2. The third kappa shape index (κ3) is 3.06. The third-order valence-electron chi connectivity index (χ3n) is 1.71. The summed E-state index contributed by atoms with van der Waals surface area (Å²) < 4.78 is 5.23. The van der Waals surface area contributed by atoms with Gasteiger partial charge in [-0.15, -0.1) is 5.92 Å². The first-order valence-electron chi connectivity index (χ1n) is 4.58. The molecule has 0 amide bonds. The summed E-state index contributed by atoms with van der Waals surface area (Å²) in [6, 6.07) is 0. The van der Waals surface area contributed by atoms with E-state index < -0.39 is 0 Å². The fraction of sp³-hybridized carbons (Fsp3) is 0.455. The lowest BCUT2D eigenvalue weighted by Gasteiger charge is -2.04. The zero-order valence-corrected chi connectivity index (χ0v) is 8.74. The monoisotopic (exact) mass is 190 g/mol. The summed E-state index contributed by atoms with van der Waals surface area (Å²) in [4.78, 5) is 8.34. The molecule has 0 aliphatic carbocycles. The van der Waals surface area contributed by atoms with E-state index in [9.17, 15) is 0 Å². The molecule has 0 N–H and O–H groups in total. The van der Waals surface area contributed by atoms with Crippen LogP contribution in [0.2, 0.25) is 0 Å². The Bertz CT molecular complexity index is 333. The van der Waals surface area contributed by atoms with Crippen LogP contribution in [0.1, 0.15) is 32.4 Å². The van der Waals surface area contributed by atoms with Gasteiger partial charge in [0.05, 0.1) is 18.1 Å². The molecule has 14 heavy (non-hydrogen) atoms. The first-order chi connectivity index (χ1) is 6.74. The van der Waals surface area contributed by atoms with E-state index in [1.54, 1.807) is 19.3 Å². The number of hydrogen-bond donors (Lipinski definition) is 0. The van der Waals surface area contributed by atoms with Crippen LogP contribution < -0.4 is 4.74 Å². The largest absolute Gasteiger partial charge is 0.463 e. The van der Waals surface area contributed by atoms with E-state index >= 15 is 0 Å². The molecule has 0 aliphatic heterocycles. The maximum absolute atomic E-state index is 5.23. The van der Waals surface area contributed by atoms with Gasteiger partial charge in [-0.2, -0.15) is 0 Å². The molecule has 0 fully saturated rings. The van der Waals surface area contributed by atoms with Crippen molar-refractivity contribution in [2.45, 2.75) is 26.7 Å². The van der Waals surface area contributed by atoms with Gasteiger partial charge in [0.25, 0.3) is 0 Å². The smallest absolute Gasteiger partial charge is 0.233 e. The predicted octanol–water partition coefficient (Wildman–Crippen LogP) is 2.00. The lowest BCUT2D eigenvalue weighted by molar-refractivity contribution is 0.353. The molecule has 0 aliphatic rings. The molecule has 0 saturated heterocycles. The van der Waals surface area contributed by atoms with Gasteiger partial charge in [0, 0.05) is 0 Å². The summed E-state index contributed by atoms with van der Waals surface area (Å²) in [6.45, 7) is 6.29. The first-order valence-corrected chi connectivity index (χ1v) is 4.58. The Hall–Kier alpha value is -1.56. The molecule has 1 aromatic rings. The molecule has 74 valence electrons. The summed E-state index contributed by atoms with van der Waals surface area (Å²) in [6.07, 6.45) is 3.37. The predicted molar refractivity (Wildman–Crippen MR) is 55.1 cm³/mol. The van der Waals surface area contributed by atoms with Gasteiger partial charge >= 0.3 is 0 Å². The van der Waals surface area contributed by atoms with Crippen LogP contribution in [0.3, 0.4) is 0 Å². The van der Waals surface area contributed by atoms with E-state index in [1.165, 1.54) is 0 Å². The van der Waals surface area contributed by atoms with Gasteiger partial charge in [-0.1, -0.05) is 19.8 Å². The van der Waals surface area contributed by atoms with Crippen molar-refractivity contribution < 1.29 is 4.74 Å². The van der Waals surface area contributed by atoms with Crippen molar-refractivity contribution in [3.8, 4) is 17.7 Å². The number of hydrogen-bond acceptors (Lipinski definition) is 3. The van der Waals surface area contributed by atoms with Crippen LogP contribution in [-0.4, -0.2) is 16.6 Å². The second-order valence-electron chi connectivity index (χ2n) is 3.15. The Balaban J connectivity index is 2.58. The van der Waals surface area contributed by atoms with Gasteiger partial charge in [-0.3, -0.25) is 4.98 Å². The zero-order chi connectivity index (χ0) is 10.4. The van der Waals surface area contributed by atoms with Crippen LogP contribution in [0.25, 0.3) is 0 Å². The Labute approximate surface area is 84.5 Å². The van der Waals surface area contributed by atoms with Crippen LogP contribution in [0.15, 0.2) is 12.4 Å².